The van der Waals surface area contributed by atoms with Crippen molar-refractivity contribution in [3.8, 4) is 0 Å². The maximum atomic E-state index is 13.0. The second kappa shape index (κ2) is 7.93. The summed E-state index contributed by atoms with van der Waals surface area (Å²) in [4.78, 5) is 19.5. The van der Waals surface area contributed by atoms with Gasteiger partial charge in [0.15, 0.2) is 5.65 Å². The minimum Gasteiger partial charge on any atom is -0.396 e. The molecule has 0 saturated carbocycles. The molecule has 1 amide bonds. The van der Waals surface area contributed by atoms with Crippen molar-refractivity contribution in [1.29, 1.82) is 0 Å². The van der Waals surface area contributed by atoms with Crippen LogP contribution in [0.15, 0.2) is 24.4 Å². The third kappa shape index (κ3) is 3.55. The second-order valence-electron chi connectivity index (χ2n) is 8.20. The number of amides is 1. The van der Waals surface area contributed by atoms with E-state index in [1.807, 2.05) is 49.6 Å². The summed E-state index contributed by atoms with van der Waals surface area (Å²) in [5.74, 6) is 0.159. The van der Waals surface area contributed by atoms with E-state index in [-0.39, 0.29) is 18.4 Å². The predicted molar refractivity (Wildman–Crippen MR) is 119 cm³/mol. The number of pyridine rings is 1. The third-order valence-electron chi connectivity index (χ3n) is 6.17. The maximum absolute atomic E-state index is 13.0. The number of likely N-dealkylation sites (tertiary alicyclic amines) is 1. The summed E-state index contributed by atoms with van der Waals surface area (Å²) >= 11 is 6.32. The van der Waals surface area contributed by atoms with Gasteiger partial charge in [-0.3, -0.25) is 4.79 Å². The van der Waals surface area contributed by atoms with E-state index < -0.39 is 0 Å². The molecule has 0 atom stereocenters. The number of rotatable bonds is 5. The standard InChI is InChI=1S/C23H27ClN4O2/c1-13-5-6-20(24)14(2)19(13)8-25-21-7-18(23(30)27-9-17(10-27)12-29)11-28-16(4)15(3)26-22(21)28/h5-7,11,17,25,29H,8-10,12H2,1-4H3. The first-order valence-corrected chi connectivity index (χ1v) is 10.6. The molecule has 1 aromatic carbocycles. The number of nitrogens with zero attached hydrogens (tertiary/aromatic N) is 3. The average Bonchev–Trinajstić information content (AvgIpc) is 2.98. The predicted octanol–water partition coefficient (Wildman–Crippen LogP) is 3.90. The second-order valence-corrected chi connectivity index (χ2v) is 8.61. The Morgan fingerprint density at radius 2 is 2.00 bits per heavy atom. The topological polar surface area (TPSA) is 69.9 Å². The first-order chi connectivity index (χ1) is 14.3. The molecule has 158 valence electrons. The number of carbonyl (C=O) groups is 1. The Hall–Kier alpha value is -2.57. The van der Waals surface area contributed by atoms with Gasteiger partial charge in [0.1, 0.15) is 0 Å². The zero-order valence-corrected chi connectivity index (χ0v) is 18.5. The van der Waals surface area contributed by atoms with Gasteiger partial charge in [0, 0.05) is 49.1 Å². The van der Waals surface area contributed by atoms with Crippen LogP contribution >= 0.6 is 11.6 Å². The van der Waals surface area contributed by atoms with E-state index in [4.69, 9.17) is 16.6 Å². The molecule has 2 aromatic heterocycles. The Kier molecular flexibility index (Phi) is 5.47. The maximum Gasteiger partial charge on any atom is 0.255 e. The van der Waals surface area contributed by atoms with Crippen molar-refractivity contribution in [2.75, 3.05) is 25.0 Å². The number of anilines is 1. The molecule has 0 spiro atoms. The first-order valence-electron chi connectivity index (χ1n) is 10.2. The lowest BCUT2D eigenvalue weighted by Crippen LogP contribution is -2.51. The van der Waals surface area contributed by atoms with E-state index in [0.717, 1.165) is 38.9 Å². The van der Waals surface area contributed by atoms with Crippen molar-refractivity contribution >= 4 is 28.8 Å². The molecule has 1 aliphatic rings. The van der Waals surface area contributed by atoms with Crippen LogP contribution in [-0.4, -0.2) is 45.0 Å². The Labute approximate surface area is 181 Å². The van der Waals surface area contributed by atoms with Gasteiger partial charge in [-0.1, -0.05) is 17.7 Å². The molecular formula is C23H27ClN4O2. The van der Waals surface area contributed by atoms with Gasteiger partial charge >= 0.3 is 0 Å². The fourth-order valence-corrected chi connectivity index (χ4v) is 4.15. The molecular weight excluding hydrogens is 400 g/mol. The van der Waals surface area contributed by atoms with Crippen molar-refractivity contribution < 1.29 is 9.90 Å². The highest BCUT2D eigenvalue weighted by atomic mass is 35.5. The number of fused-ring (bicyclic) bond motifs is 1. The quantitative estimate of drug-likeness (QED) is 0.649. The van der Waals surface area contributed by atoms with Crippen LogP contribution < -0.4 is 5.32 Å². The molecule has 6 nitrogen and oxygen atoms in total. The SMILES string of the molecule is Cc1ccc(Cl)c(C)c1CNc1cc(C(=O)N2CC(CO)C2)cn2c(C)c(C)nc12. The molecule has 2 N–H and O–H groups in total. The van der Waals surface area contributed by atoms with Gasteiger partial charge in [-0.2, -0.15) is 0 Å². The van der Waals surface area contributed by atoms with Crippen LogP contribution in [0.3, 0.4) is 0 Å². The van der Waals surface area contributed by atoms with E-state index in [2.05, 4.69) is 12.2 Å². The lowest BCUT2D eigenvalue weighted by Gasteiger charge is -2.38. The highest BCUT2D eigenvalue weighted by molar-refractivity contribution is 6.31. The van der Waals surface area contributed by atoms with Gasteiger partial charge in [-0.15, -0.1) is 0 Å². The molecule has 7 heteroatoms. The van der Waals surface area contributed by atoms with Gasteiger partial charge in [0.05, 0.1) is 16.9 Å². The number of benzene rings is 1. The van der Waals surface area contributed by atoms with Gasteiger partial charge in [0.2, 0.25) is 0 Å². The number of aliphatic hydroxyl groups excluding tert-OH is 1. The molecule has 3 heterocycles. The summed E-state index contributed by atoms with van der Waals surface area (Å²) in [7, 11) is 0. The fourth-order valence-electron chi connectivity index (χ4n) is 3.97. The van der Waals surface area contributed by atoms with E-state index in [1.54, 1.807) is 4.90 Å². The number of aryl methyl sites for hydroxylation is 3. The highest BCUT2D eigenvalue weighted by Gasteiger charge is 2.31. The number of hydrogen-bond acceptors (Lipinski definition) is 4. The van der Waals surface area contributed by atoms with Crippen molar-refractivity contribution in [2.24, 2.45) is 5.92 Å². The monoisotopic (exact) mass is 426 g/mol. The van der Waals surface area contributed by atoms with Crippen LogP contribution in [0, 0.1) is 33.6 Å². The van der Waals surface area contributed by atoms with Crippen LogP contribution in [0.25, 0.3) is 5.65 Å². The molecule has 30 heavy (non-hydrogen) atoms. The molecule has 1 aliphatic heterocycles. The smallest absolute Gasteiger partial charge is 0.255 e. The summed E-state index contributed by atoms with van der Waals surface area (Å²) in [6, 6.07) is 5.82. The molecule has 0 unspecified atom stereocenters. The summed E-state index contributed by atoms with van der Waals surface area (Å²) in [6.45, 7) is 9.97. The number of carbonyl (C=O) groups excluding carboxylic acids is 1. The summed E-state index contributed by atoms with van der Waals surface area (Å²) < 4.78 is 1.98. The van der Waals surface area contributed by atoms with Gasteiger partial charge in [0.25, 0.3) is 5.91 Å². The summed E-state index contributed by atoms with van der Waals surface area (Å²) in [5, 5.41) is 13.5. The Morgan fingerprint density at radius 3 is 2.70 bits per heavy atom. The van der Waals surface area contributed by atoms with Crippen LogP contribution in [-0.2, 0) is 6.54 Å². The van der Waals surface area contributed by atoms with Gasteiger partial charge in [-0.25, -0.2) is 4.98 Å². The van der Waals surface area contributed by atoms with E-state index in [0.29, 0.717) is 25.2 Å². The number of nitrogens with one attached hydrogen (secondary N) is 1. The Morgan fingerprint density at radius 1 is 1.27 bits per heavy atom. The number of halogens is 1. The minimum absolute atomic E-state index is 0.0227. The summed E-state index contributed by atoms with van der Waals surface area (Å²) in [5.41, 5.74) is 7.53. The van der Waals surface area contributed by atoms with E-state index in [9.17, 15) is 9.90 Å². The van der Waals surface area contributed by atoms with Crippen LogP contribution in [0.4, 0.5) is 5.69 Å². The largest absolute Gasteiger partial charge is 0.396 e. The number of hydrogen-bond donors (Lipinski definition) is 2. The zero-order valence-electron chi connectivity index (χ0n) is 17.8. The minimum atomic E-state index is -0.0227. The van der Waals surface area contributed by atoms with E-state index in [1.165, 1.54) is 5.56 Å². The number of imidazole rings is 1. The Bertz CT molecular complexity index is 1130. The molecule has 1 fully saturated rings. The van der Waals surface area contributed by atoms with Crippen molar-refractivity contribution in [2.45, 2.75) is 34.2 Å². The first kappa shape index (κ1) is 20.7. The van der Waals surface area contributed by atoms with Crippen molar-refractivity contribution in [3.05, 3.63) is 63.1 Å². The van der Waals surface area contributed by atoms with Gasteiger partial charge in [-0.05, 0) is 56.5 Å². The molecule has 0 aliphatic carbocycles. The molecule has 1 saturated heterocycles. The van der Waals surface area contributed by atoms with Crippen molar-refractivity contribution in [1.82, 2.24) is 14.3 Å². The van der Waals surface area contributed by atoms with Crippen LogP contribution in [0.5, 0.6) is 0 Å². The average molecular weight is 427 g/mol. The van der Waals surface area contributed by atoms with Crippen LogP contribution in [0.2, 0.25) is 5.02 Å². The van der Waals surface area contributed by atoms with Gasteiger partial charge < -0.3 is 19.7 Å². The number of aliphatic hydroxyl groups is 1. The molecule has 4 rings (SSSR count). The lowest BCUT2D eigenvalue weighted by molar-refractivity contribution is 0.0361. The third-order valence-corrected chi connectivity index (χ3v) is 6.58. The van der Waals surface area contributed by atoms with Crippen LogP contribution in [0.1, 0.15) is 38.4 Å². The lowest BCUT2D eigenvalue weighted by atomic mass is 10.00. The number of aromatic nitrogens is 2. The molecule has 3 aromatic rings. The molecule has 0 bridgehead atoms. The van der Waals surface area contributed by atoms with Crippen molar-refractivity contribution in [3.63, 3.8) is 0 Å². The summed E-state index contributed by atoms with van der Waals surface area (Å²) in [6.07, 6.45) is 1.86. The normalized spacial score (nSPS) is 14.3. The highest BCUT2D eigenvalue weighted by Crippen LogP contribution is 2.27. The fraction of sp³-hybridized carbons (Fsp3) is 0.391. The zero-order chi connectivity index (χ0) is 21.6. The van der Waals surface area contributed by atoms with E-state index >= 15 is 0 Å². The Balaban J connectivity index is 1.69. The molecule has 0 radical (unpaired) electrons.